The Morgan fingerprint density at radius 1 is 1.69 bits per heavy atom. The zero-order chi connectivity index (χ0) is 9.84. The number of carbonyl (C=O) groups is 1. The molecule has 0 radical (unpaired) electrons. The molecule has 0 saturated carbocycles. The molecule has 5 heteroatoms. The zero-order valence-electron chi connectivity index (χ0n) is 7.27. The van der Waals surface area contributed by atoms with E-state index in [9.17, 15) is 4.79 Å². The summed E-state index contributed by atoms with van der Waals surface area (Å²) in [6.45, 7) is 1.79. The second-order valence-corrected chi connectivity index (χ2v) is 2.67. The molecule has 1 atom stereocenters. The largest absolute Gasteiger partial charge is 0.481 e. The predicted molar refractivity (Wildman–Crippen MR) is 47.1 cm³/mol. The molecule has 70 valence electrons. The first kappa shape index (κ1) is 9.44. The molecule has 0 aliphatic carbocycles. The average Bonchev–Trinajstić information content (AvgIpc) is 2.04. The molecule has 1 rings (SSSR count). The molecule has 0 spiro atoms. The fourth-order valence-corrected chi connectivity index (χ4v) is 1.09. The van der Waals surface area contributed by atoms with Gasteiger partial charge in [0.05, 0.1) is 11.6 Å². The van der Waals surface area contributed by atoms with Crippen molar-refractivity contribution < 1.29 is 9.90 Å². The van der Waals surface area contributed by atoms with Gasteiger partial charge in [0.1, 0.15) is 12.1 Å². The van der Waals surface area contributed by atoms with Gasteiger partial charge in [0.2, 0.25) is 0 Å². The summed E-state index contributed by atoms with van der Waals surface area (Å²) in [4.78, 5) is 18.3. The highest BCUT2D eigenvalue weighted by atomic mass is 16.4. The minimum absolute atomic E-state index is 0.296. The third-order valence-electron chi connectivity index (χ3n) is 1.77. The maximum Gasteiger partial charge on any atom is 0.312 e. The van der Waals surface area contributed by atoms with Crippen molar-refractivity contribution in [1.82, 2.24) is 9.97 Å². The number of hydrogen-bond acceptors (Lipinski definition) is 4. The number of nitrogens with zero attached hydrogens (tertiary/aromatic N) is 2. The SMILES string of the molecule is CCC(C(=O)O)c1cc(N)ncn1. The molecule has 0 aliphatic rings. The van der Waals surface area contributed by atoms with Crippen molar-refractivity contribution in [1.29, 1.82) is 0 Å². The molecular weight excluding hydrogens is 170 g/mol. The third kappa shape index (κ3) is 2.14. The Balaban J connectivity index is 2.98. The lowest BCUT2D eigenvalue weighted by Crippen LogP contribution is -2.12. The Bertz CT molecular complexity index is 314. The summed E-state index contributed by atoms with van der Waals surface area (Å²) in [6, 6.07) is 1.49. The van der Waals surface area contributed by atoms with Crippen LogP contribution in [-0.4, -0.2) is 21.0 Å². The Labute approximate surface area is 75.6 Å². The van der Waals surface area contributed by atoms with Crippen LogP contribution in [0.25, 0.3) is 0 Å². The number of nitrogen functional groups attached to an aromatic ring is 1. The van der Waals surface area contributed by atoms with E-state index in [2.05, 4.69) is 9.97 Å². The van der Waals surface area contributed by atoms with E-state index < -0.39 is 11.9 Å². The Morgan fingerprint density at radius 3 is 2.85 bits per heavy atom. The van der Waals surface area contributed by atoms with Gasteiger partial charge in [-0.2, -0.15) is 0 Å². The van der Waals surface area contributed by atoms with Crippen LogP contribution < -0.4 is 5.73 Å². The van der Waals surface area contributed by atoms with Gasteiger partial charge in [-0.25, -0.2) is 9.97 Å². The van der Waals surface area contributed by atoms with Crippen molar-refractivity contribution in [3.63, 3.8) is 0 Å². The molecule has 1 unspecified atom stereocenters. The highest BCUT2D eigenvalue weighted by Crippen LogP contribution is 2.17. The van der Waals surface area contributed by atoms with Crippen LogP contribution in [0.15, 0.2) is 12.4 Å². The van der Waals surface area contributed by atoms with E-state index in [-0.39, 0.29) is 0 Å². The van der Waals surface area contributed by atoms with Crippen molar-refractivity contribution in [3.8, 4) is 0 Å². The summed E-state index contributed by atoms with van der Waals surface area (Å²) in [5.41, 5.74) is 5.87. The van der Waals surface area contributed by atoms with Gasteiger partial charge in [0.25, 0.3) is 0 Å². The van der Waals surface area contributed by atoms with Gasteiger partial charge in [-0.15, -0.1) is 0 Å². The number of aromatic nitrogens is 2. The van der Waals surface area contributed by atoms with Gasteiger partial charge < -0.3 is 10.8 Å². The maximum atomic E-state index is 10.7. The van der Waals surface area contributed by atoms with Crippen LogP contribution in [0.5, 0.6) is 0 Å². The van der Waals surface area contributed by atoms with Crippen molar-refractivity contribution in [2.75, 3.05) is 5.73 Å². The second kappa shape index (κ2) is 3.84. The molecule has 0 bridgehead atoms. The van der Waals surface area contributed by atoms with Gasteiger partial charge in [0.15, 0.2) is 0 Å². The first-order valence-corrected chi connectivity index (χ1v) is 3.95. The van der Waals surface area contributed by atoms with E-state index in [4.69, 9.17) is 10.8 Å². The summed E-state index contributed by atoms with van der Waals surface area (Å²) in [6.07, 6.45) is 1.77. The van der Waals surface area contributed by atoms with Gasteiger partial charge >= 0.3 is 5.97 Å². The monoisotopic (exact) mass is 181 g/mol. The molecule has 5 nitrogen and oxygen atoms in total. The first-order chi connectivity index (χ1) is 6.15. The lowest BCUT2D eigenvalue weighted by molar-refractivity contribution is -0.138. The van der Waals surface area contributed by atoms with Crippen molar-refractivity contribution in [2.24, 2.45) is 0 Å². The average molecular weight is 181 g/mol. The maximum absolute atomic E-state index is 10.7. The fourth-order valence-electron chi connectivity index (χ4n) is 1.09. The summed E-state index contributed by atoms with van der Waals surface area (Å²) in [7, 11) is 0. The summed E-state index contributed by atoms with van der Waals surface area (Å²) in [5.74, 6) is -1.18. The number of nitrogens with two attached hydrogens (primary N) is 1. The van der Waals surface area contributed by atoms with Gasteiger partial charge in [-0.3, -0.25) is 4.79 Å². The molecule has 0 aromatic carbocycles. The van der Waals surface area contributed by atoms with Crippen LogP contribution in [0, 0.1) is 0 Å². The van der Waals surface area contributed by atoms with Crippen LogP contribution in [0.2, 0.25) is 0 Å². The van der Waals surface area contributed by atoms with Crippen molar-refractivity contribution in [2.45, 2.75) is 19.3 Å². The van der Waals surface area contributed by atoms with Crippen molar-refractivity contribution >= 4 is 11.8 Å². The molecule has 0 saturated heterocycles. The minimum Gasteiger partial charge on any atom is -0.481 e. The van der Waals surface area contributed by atoms with E-state index in [0.29, 0.717) is 17.9 Å². The molecule has 3 N–H and O–H groups in total. The number of hydrogen-bond donors (Lipinski definition) is 2. The molecular formula is C8H11N3O2. The molecule has 1 aromatic heterocycles. The highest BCUT2D eigenvalue weighted by Gasteiger charge is 2.18. The number of carboxylic acids is 1. The van der Waals surface area contributed by atoms with Crippen LogP contribution in [-0.2, 0) is 4.79 Å². The number of anilines is 1. The first-order valence-electron chi connectivity index (χ1n) is 3.95. The van der Waals surface area contributed by atoms with Crippen molar-refractivity contribution in [3.05, 3.63) is 18.1 Å². The lowest BCUT2D eigenvalue weighted by atomic mass is 10.0. The third-order valence-corrected chi connectivity index (χ3v) is 1.77. The molecule has 0 amide bonds. The van der Waals surface area contributed by atoms with Gasteiger partial charge in [-0.1, -0.05) is 6.92 Å². The van der Waals surface area contributed by atoms with E-state index in [1.807, 2.05) is 0 Å². The number of aliphatic carboxylic acids is 1. The Kier molecular flexibility index (Phi) is 2.79. The summed E-state index contributed by atoms with van der Waals surface area (Å²) < 4.78 is 0. The molecule has 0 aliphatic heterocycles. The lowest BCUT2D eigenvalue weighted by Gasteiger charge is -2.08. The smallest absolute Gasteiger partial charge is 0.312 e. The highest BCUT2D eigenvalue weighted by molar-refractivity contribution is 5.75. The zero-order valence-corrected chi connectivity index (χ0v) is 7.27. The Hall–Kier alpha value is -1.65. The van der Waals surface area contributed by atoms with Gasteiger partial charge in [0, 0.05) is 6.07 Å². The van der Waals surface area contributed by atoms with Crippen LogP contribution in [0.1, 0.15) is 25.0 Å². The molecule has 1 heterocycles. The van der Waals surface area contributed by atoms with E-state index in [1.54, 1.807) is 6.92 Å². The summed E-state index contributed by atoms with van der Waals surface area (Å²) in [5, 5.41) is 8.82. The van der Waals surface area contributed by atoms with Gasteiger partial charge in [-0.05, 0) is 6.42 Å². The topological polar surface area (TPSA) is 89.1 Å². The predicted octanol–water partition coefficient (Wildman–Crippen LogP) is 0.637. The molecule has 13 heavy (non-hydrogen) atoms. The normalized spacial score (nSPS) is 12.4. The van der Waals surface area contributed by atoms with Crippen LogP contribution in [0.3, 0.4) is 0 Å². The molecule has 1 aromatic rings. The molecule has 0 fully saturated rings. The van der Waals surface area contributed by atoms with E-state index in [1.165, 1.54) is 12.4 Å². The van der Waals surface area contributed by atoms with Crippen LogP contribution in [0.4, 0.5) is 5.82 Å². The van der Waals surface area contributed by atoms with E-state index in [0.717, 1.165) is 0 Å². The number of rotatable bonds is 3. The Morgan fingerprint density at radius 2 is 2.38 bits per heavy atom. The minimum atomic E-state index is -0.888. The quantitative estimate of drug-likeness (QED) is 0.714. The van der Waals surface area contributed by atoms with E-state index >= 15 is 0 Å². The fraction of sp³-hybridized carbons (Fsp3) is 0.375. The number of carboxylic acid groups (broad SMARTS) is 1. The second-order valence-electron chi connectivity index (χ2n) is 2.67. The van der Waals surface area contributed by atoms with Crippen LogP contribution >= 0.6 is 0 Å². The summed E-state index contributed by atoms with van der Waals surface area (Å²) >= 11 is 0. The standard InChI is InChI=1S/C8H11N3O2/c1-2-5(8(12)13)6-3-7(9)11-4-10-6/h3-5H,2H2,1H3,(H,12,13)(H2,9,10,11).